The van der Waals surface area contributed by atoms with E-state index in [0.29, 0.717) is 0 Å². The molecule has 1 aliphatic rings. The first-order chi connectivity index (χ1) is 13.5. The summed E-state index contributed by atoms with van der Waals surface area (Å²) in [6, 6.07) is 15.8. The predicted molar refractivity (Wildman–Crippen MR) is 112 cm³/mol. The lowest BCUT2D eigenvalue weighted by atomic mass is 10.1. The molecular weight excluding hydrogens is 352 g/mol. The molecule has 0 fully saturated rings. The number of rotatable bonds is 6. The molecule has 0 saturated heterocycles. The predicted octanol–water partition coefficient (Wildman–Crippen LogP) is 5.47. The number of hydrogen-bond acceptors (Lipinski definition) is 4. The van der Waals surface area contributed by atoms with Gasteiger partial charge in [0.1, 0.15) is 23.4 Å². The zero-order valence-corrected chi connectivity index (χ0v) is 16.7. The van der Waals surface area contributed by atoms with Crippen molar-refractivity contribution in [3.8, 4) is 11.5 Å². The lowest BCUT2D eigenvalue weighted by molar-refractivity contribution is -0.209. The quantitative estimate of drug-likeness (QED) is 0.668. The third-order valence-electron chi connectivity index (χ3n) is 4.26. The highest BCUT2D eigenvalue weighted by Crippen LogP contribution is 2.27. The Labute approximate surface area is 166 Å². The molecule has 2 aromatic carbocycles. The van der Waals surface area contributed by atoms with Crippen LogP contribution in [0.2, 0.25) is 0 Å². The van der Waals surface area contributed by atoms with Gasteiger partial charge in [-0.05, 0) is 47.5 Å². The van der Waals surface area contributed by atoms with Crippen molar-refractivity contribution in [1.29, 1.82) is 0 Å². The molecule has 3 rings (SSSR count). The van der Waals surface area contributed by atoms with Crippen LogP contribution in [0.25, 0.3) is 12.2 Å². The third-order valence-corrected chi connectivity index (χ3v) is 4.26. The van der Waals surface area contributed by atoms with E-state index in [1.807, 2.05) is 92.8 Å². The van der Waals surface area contributed by atoms with Crippen LogP contribution in [0, 0.1) is 0 Å². The van der Waals surface area contributed by atoms with E-state index >= 15 is 0 Å². The highest BCUT2D eigenvalue weighted by atomic mass is 16.7. The van der Waals surface area contributed by atoms with E-state index in [1.165, 1.54) is 0 Å². The smallest absolute Gasteiger partial charge is 0.205 e. The number of methoxy groups -OCH3 is 2. The van der Waals surface area contributed by atoms with E-state index in [9.17, 15) is 0 Å². The molecule has 28 heavy (non-hydrogen) atoms. The molecule has 1 unspecified atom stereocenters. The summed E-state index contributed by atoms with van der Waals surface area (Å²) >= 11 is 0. The second-order valence-corrected chi connectivity index (χ2v) is 6.89. The van der Waals surface area contributed by atoms with Crippen LogP contribution in [0.1, 0.15) is 25.0 Å². The van der Waals surface area contributed by atoms with Crippen LogP contribution in [0.3, 0.4) is 0 Å². The maximum absolute atomic E-state index is 5.99. The average molecular weight is 378 g/mol. The summed E-state index contributed by atoms with van der Waals surface area (Å²) in [5.74, 6) is 1.75. The van der Waals surface area contributed by atoms with Crippen molar-refractivity contribution in [2.24, 2.45) is 0 Å². The Bertz CT molecular complexity index is 858. The van der Waals surface area contributed by atoms with E-state index in [2.05, 4.69) is 0 Å². The molecule has 0 N–H and O–H groups in total. The van der Waals surface area contributed by atoms with Crippen molar-refractivity contribution in [2.45, 2.75) is 25.7 Å². The van der Waals surface area contributed by atoms with Crippen molar-refractivity contribution < 1.29 is 18.9 Å². The summed E-state index contributed by atoms with van der Waals surface area (Å²) in [5, 5.41) is 0. The van der Waals surface area contributed by atoms with E-state index in [1.54, 1.807) is 14.2 Å². The molecule has 0 amide bonds. The Hall–Kier alpha value is -2.98. The van der Waals surface area contributed by atoms with Gasteiger partial charge < -0.3 is 18.9 Å². The van der Waals surface area contributed by atoms with Gasteiger partial charge in [-0.2, -0.15) is 0 Å². The second-order valence-electron chi connectivity index (χ2n) is 6.89. The Morgan fingerprint density at radius 3 is 1.86 bits per heavy atom. The lowest BCUT2D eigenvalue weighted by Crippen LogP contribution is -2.35. The summed E-state index contributed by atoms with van der Waals surface area (Å²) in [5.41, 5.74) is 2.15. The van der Waals surface area contributed by atoms with Gasteiger partial charge in [0, 0.05) is 13.8 Å². The molecule has 0 radical (unpaired) electrons. The Morgan fingerprint density at radius 1 is 0.786 bits per heavy atom. The fraction of sp³-hybridized carbons (Fsp3) is 0.250. The van der Waals surface area contributed by atoms with E-state index in [-0.39, 0.29) is 6.10 Å². The molecule has 0 aliphatic carbocycles. The first kappa shape index (κ1) is 19.8. The van der Waals surface area contributed by atoms with Gasteiger partial charge in [-0.15, -0.1) is 0 Å². The fourth-order valence-corrected chi connectivity index (χ4v) is 2.86. The minimum atomic E-state index is -0.705. The van der Waals surface area contributed by atoms with Gasteiger partial charge in [-0.25, -0.2) is 0 Å². The zero-order chi connectivity index (χ0) is 20.0. The van der Waals surface area contributed by atoms with Crippen molar-refractivity contribution in [1.82, 2.24) is 0 Å². The van der Waals surface area contributed by atoms with Crippen molar-refractivity contribution >= 4 is 12.2 Å². The Balaban J connectivity index is 1.73. The molecule has 4 heteroatoms. The lowest BCUT2D eigenvalue weighted by Gasteiger charge is -2.34. The molecule has 146 valence electrons. The molecule has 1 aliphatic heterocycles. The van der Waals surface area contributed by atoms with Crippen molar-refractivity contribution in [2.75, 3.05) is 14.2 Å². The number of ether oxygens (including phenoxy) is 4. The van der Waals surface area contributed by atoms with Crippen LogP contribution >= 0.6 is 0 Å². The van der Waals surface area contributed by atoms with Crippen LogP contribution in [0.15, 0.2) is 72.5 Å². The van der Waals surface area contributed by atoms with Crippen LogP contribution < -0.4 is 9.47 Å². The number of allylic oxidation sites excluding steroid dienone is 1. The Morgan fingerprint density at radius 2 is 1.32 bits per heavy atom. The van der Waals surface area contributed by atoms with Crippen LogP contribution in [-0.4, -0.2) is 26.1 Å². The largest absolute Gasteiger partial charge is 0.497 e. The van der Waals surface area contributed by atoms with E-state index < -0.39 is 5.79 Å². The number of hydrogen-bond donors (Lipinski definition) is 0. The summed E-state index contributed by atoms with van der Waals surface area (Å²) in [6.07, 6.45) is 9.81. The molecule has 1 heterocycles. The third kappa shape index (κ3) is 5.51. The molecule has 1 atom stereocenters. The van der Waals surface area contributed by atoms with Crippen LogP contribution in [0.5, 0.6) is 11.5 Å². The molecular formula is C24H26O4. The minimum absolute atomic E-state index is 0.179. The first-order valence-electron chi connectivity index (χ1n) is 9.20. The highest BCUT2D eigenvalue weighted by molar-refractivity contribution is 5.54. The normalized spacial score (nSPS) is 18.7. The summed E-state index contributed by atoms with van der Waals surface area (Å²) < 4.78 is 22.3. The molecule has 0 spiro atoms. The van der Waals surface area contributed by atoms with Crippen LogP contribution in [0.4, 0.5) is 0 Å². The van der Waals surface area contributed by atoms with Crippen LogP contribution in [-0.2, 0) is 9.47 Å². The minimum Gasteiger partial charge on any atom is -0.497 e. The van der Waals surface area contributed by atoms with Gasteiger partial charge >= 0.3 is 0 Å². The molecule has 4 nitrogen and oxygen atoms in total. The molecule has 0 bridgehead atoms. The fourth-order valence-electron chi connectivity index (χ4n) is 2.86. The Kier molecular flexibility index (Phi) is 6.22. The monoisotopic (exact) mass is 378 g/mol. The van der Waals surface area contributed by atoms with Gasteiger partial charge in [-0.3, -0.25) is 0 Å². The summed E-state index contributed by atoms with van der Waals surface area (Å²) in [6.45, 7) is 3.82. The standard InChI is InChI=1S/C24H26O4/c1-24(2)27-22(15-9-18-5-11-20(25-3)12-6-18)17-23(28-24)16-10-19-7-13-21(26-4)14-8-19/h5-17,22H,1-4H3. The van der Waals surface area contributed by atoms with E-state index in [4.69, 9.17) is 18.9 Å². The van der Waals surface area contributed by atoms with Gasteiger partial charge in [0.2, 0.25) is 5.79 Å². The van der Waals surface area contributed by atoms with E-state index in [0.717, 1.165) is 28.4 Å². The topological polar surface area (TPSA) is 36.9 Å². The van der Waals surface area contributed by atoms with Gasteiger partial charge in [0.05, 0.1) is 14.2 Å². The molecule has 0 saturated carbocycles. The number of benzene rings is 2. The zero-order valence-electron chi connectivity index (χ0n) is 16.7. The maximum atomic E-state index is 5.99. The summed E-state index contributed by atoms with van der Waals surface area (Å²) in [4.78, 5) is 0. The van der Waals surface area contributed by atoms with Gasteiger partial charge in [0.15, 0.2) is 0 Å². The average Bonchev–Trinajstić information content (AvgIpc) is 2.70. The second kappa shape index (κ2) is 8.81. The maximum Gasteiger partial charge on any atom is 0.205 e. The van der Waals surface area contributed by atoms with Gasteiger partial charge in [-0.1, -0.05) is 42.5 Å². The van der Waals surface area contributed by atoms with Crippen molar-refractivity contribution in [3.05, 3.63) is 83.6 Å². The molecule has 0 aromatic heterocycles. The summed E-state index contributed by atoms with van der Waals surface area (Å²) in [7, 11) is 3.32. The highest BCUT2D eigenvalue weighted by Gasteiger charge is 2.28. The van der Waals surface area contributed by atoms with Crippen molar-refractivity contribution in [3.63, 3.8) is 0 Å². The SMILES string of the molecule is COc1ccc(C=CC2=CC(C=Cc3ccc(OC)cc3)OC(C)(C)O2)cc1. The first-order valence-corrected chi connectivity index (χ1v) is 9.20. The van der Waals surface area contributed by atoms with Gasteiger partial charge in [0.25, 0.3) is 0 Å². The molecule has 2 aromatic rings.